The quantitative estimate of drug-likeness (QED) is 0.771. The minimum atomic E-state index is -0.376. The molecular weight excluding hydrogens is 220 g/mol. The van der Waals surface area contributed by atoms with Crippen molar-refractivity contribution in [3.05, 3.63) is 34.9 Å². The Hall–Kier alpha value is -0.530. The summed E-state index contributed by atoms with van der Waals surface area (Å²) in [5, 5.41) is 11.0. The fourth-order valence-corrected chi connectivity index (χ4v) is 2.36. The van der Waals surface area contributed by atoms with Gasteiger partial charge >= 0.3 is 0 Å². The topological polar surface area (TPSA) is 20.2 Å². The van der Waals surface area contributed by atoms with E-state index in [1.165, 1.54) is 0 Å². The Kier molecular flexibility index (Phi) is 5.86. The van der Waals surface area contributed by atoms with Gasteiger partial charge in [-0.2, -0.15) is 0 Å². The van der Waals surface area contributed by atoms with E-state index in [4.69, 9.17) is 11.6 Å². The molecule has 0 heterocycles. The van der Waals surface area contributed by atoms with Crippen LogP contribution in [0.25, 0.3) is 0 Å². The Labute approximate surface area is 103 Å². The highest BCUT2D eigenvalue weighted by Crippen LogP contribution is 2.30. The monoisotopic (exact) mass is 240 g/mol. The van der Waals surface area contributed by atoms with Crippen LogP contribution in [0.2, 0.25) is 5.02 Å². The van der Waals surface area contributed by atoms with Gasteiger partial charge in [0.05, 0.1) is 6.10 Å². The smallest absolute Gasteiger partial charge is 0.0818 e. The van der Waals surface area contributed by atoms with Crippen LogP contribution in [0.3, 0.4) is 0 Å². The summed E-state index contributed by atoms with van der Waals surface area (Å²) in [7, 11) is 0. The zero-order valence-electron chi connectivity index (χ0n) is 10.1. The van der Waals surface area contributed by atoms with Crippen molar-refractivity contribution in [2.75, 3.05) is 0 Å². The van der Waals surface area contributed by atoms with E-state index >= 15 is 0 Å². The molecule has 90 valence electrons. The second-order valence-corrected chi connectivity index (χ2v) is 4.77. The van der Waals surface area contributed by atoms with Crippen LogP contribution in [0.15, 0.2) is 24.3 Å². The minimum Gasteiger partial charge on any atom is -0.388 e. The Bertz CT molecular complexity index is 305. The van der Waals surface area contributed by atoms with Gasteiger partial charge in [-0.3, -0.25) is 0 Å². The molecule has 0 amide bonds. The second kappa shape index (κ2) is 6.93. The first-order valence-electron chi connectivity index (χ1n) is 6.12. The van der Waals surface area contributed by atoms with E-state index in [9.17, 15) is 5.11 Å². The third-order valence-corrected chi connectivity index (χ3v) is 3.19. The summed E-state index contributed by atoms with van der Waals surface area (Å²) in [5.41, 5.74) is 0.944. The molecule has 1 unspecified atom stereocenters. The molecule has 1 aromatic rings. The molecule has 1 N–H and O–H groups in total. The van der Waals surface area contributed by atoms with Gasteiger partial charge in [-0.1, -0.05) is 50.4 Å². The number of rotatable bonds is 6. The van der Waals surface area contributed by atoms with Crippen LogP contribution < -0.4 is 0 Å². The predicted octanol–water partition coefficient (Wildman–Crippen LogP) is 4.59. The number of aliphatic hydroxyl groups excluding tert-OH is 1. The SMILES string of the molecule is CCCC(CCC)C(O)c1cccc(Cl)c1. The van der Waals surface area contributed by atoms with Crippen molar-refractivity contribution < 1.29 is 5.11 Å². The van der Waals surface area contributed by atoms with Crippen molar-refractivity contribution in [1.29, 1.82) is 0 Å². The number of aliphatic hydroxyl groups is 1. The van der Waals surface area contributed by atoms with Crippen molar-refractivity contribution >= 4 is 11.6 Å². The van der Waals surface area contributed by atoms with Crippen molar-refractivity contribution in [1.82, 2.24) is 0 Å². The summed E-state index contributed by atoms with van der Waals surface area (Å²) in [6.07, 6.45) is 3.99. The standard InChI is InChI=1S/C14H21ClO/c1-3-6-11(7-4-2)14(16)12-8-5-9-13(15)10-12/h5,8-11,14,16H,3-4,6-7H2,1-2H3. The molecule has 0 saturated carbocycles. The van der Waals surface area contributed by atoms with Crippen LogP contribution in [0.5, 0.6) is 0 Å². The highest BCUT2D eigenvalue weighted by atomic mass is 35.5. The molecule has 0 radical (unpaired) electrons. The number of benzene rings is 1. The van der Waals surface area contributed by atoms with Crippen LogP contribution >= 0.6 is 11.6 Å². The van der Waals surface area contributed by atoms with Gasteiger partial charge in [0.25, 0.3) is 0 Å². The fourth-order valence-electron chi connectivity index (χ4n) is 2.16. The number of hydrogen-bond acceptors (Lipinski definition) is 1. The Balaban J connectivity index is 2.76. The second-order valence-electron chi connectivity index (χ2n) is 4.34. The summed E-state index contributed by atoms with van der Waals surface area (Å²) in [4.78, 5) is 0. The maximum Gasteiger partial charge on any atom is 0.0818 e. The molecule has 1 nitrogen and oxygen atoms in total. The van der Waals surface area contributed by atoms with Gasteiger partial charge in [0, 0.05) is 5.02 Å². The van der Waals surface area contributed by atoms with Crippen molar-refractivity contribution in [2.45, 2.75) is 45.6 Å². The molecule has 0 aliphatic heterocycles. The largest absolute Gasteiger partial charge is 0.388 e. The lowest BCUT2D eigenvalue weighted by Gasteiger charge is -2.22. The normalized spacial score (nSPS) is 13.1. The van der Waals surface area contributed by atoms with E-state index in [2.05, 4.69) is 13.8 Å². The lowest BCUT2D eigenvalue weighted by atomic mass is 9.88. The summed E-state index contributed by atoms with van der Waals surface area (Å²) in [6, 6.07) is 7.56. The van der Waals surface area contributed by atoms with E-state index in [-0.39, 0.29) is 6.10 Å². The van der Waals surface area contributed by atoms with Crippen molar-refractivity contribution in [3.63, 3.8) is 0 Å². The van der Waals surface area contributed by atoms with Crippen LogP contribution in [0, 0.1) is 5.92 Å². The molecule has 2 heteroatoms. The van der Waals surface area contributed by atoms with Gasteiger partial charge in [-0.05, 0) is 36.5 Å². The predicted molar refractivity (Wildman–Crippen MR) is 69.7 cm³/mol. The van der Waals surface area contributed by atoms with Gasteiger partial charge < -0.3 is 5.11 Å². The minimum absolute atomic E-state index is 0.355. The molecule has 0 aliphatic carbocycles. The van der Waals surface area contributed by atoms with Crippen molar-refractivity contribution in [2.24, 2.45) is 5.92 Å². The first kappa shape index (κ1) is 13.5. The molecular formula is C14H21ClO. The molecule has 0 saturated heterocycles. The van der Waals surface area contributed by atoms with Gasteiger partial charge in [0.15, 0.2) is 0 Å². The molecule has 0 aromatic heterocycles. The van der Waals surface area contributed by atoms with Crippen LogP contribution in [-0.4, -0.2) is 5.11 Å². The maximum atomic E-state index is 10.3. The third-order valence-electron chi connectivity index (χ3n) is 2.96. The van der Waals surface area contributed by atoms with Gasteiger partial charge in [0.2, 0.25) is 0 Å². The van der Waals surface area contributed by atoms with E-state index in [1.54, 1.807) is 0 Å². The molecule has 16 heavy (non-hydrogen) atoms. The number of halogens is 1. The van der Waals surface area contributed by atoms with E-state index in [0.29, 0.717) is 10.9 Å². The van der Waals surface area contributed by atoms with Crippen LogP contribution in [0.4, 0.5) is 0 Å². The highest BCUT2D eigenvalue weighted by molar-refractivity contribution is 6.30. The highest BCUT2D eigenvalue weighted by Gasteiger charge is 2.19. The lowest BCUT2D eigenvalue weighted by molar-refractivity contribution is 0.0965. The van der Waals surface area contributed by atoms with Gasteiger partial charge in [-0.25, -0.2) is 0 Å². The molecule has 1 atom stereocenters. The zero-order chi connectivity index (χ0) is 12.0. The zero-order valence-corrected chi connectivity index (χ0v) is 10.9. The lowest BCUT2D eigenvalue weighted by Crippen LogP contribution is -2.12. The maximum absolute atomic E-state index is 10.3. The molecule has 0 aliphatic rings. The first-order chi connectivity index (χ1) is 7.69. The van der Waals surface area contributed by atoms with Crippen molar-refractivity contribution in [3.8, 4) is 0 Å². The van der Waals surface area contributed by atoms with E-state index in [0.717, 1.165) is 31.2 Å². The van der Waals surface area contributed by atoms with Crippen LogP contribution in [-0.2, 0) is 0 Å². The average molecular weight is 241 g/mol. The Morgan fingerprint density at radius 3 is 2.31 bits per heavy atom. The van der Waals surface area contributed by atoms with Gasteiger partial charge in [-0.15, -0.1) is 0 Å². The summed E-state index contributed by atoms with van der Waals surface area (Å²) >= 11 is 5.94. The summed E-state index contributed by atoms with van der Waals surface area (Å²) in [5.74, 6) is 0.355. The Morgan fingerprint density at radius 1 is 1.19 bits per heavy atom. The average Bonchev–Trinajstić information content (AvgIpc) is 2.28. The first-order valence-corrected chi connectivity index (χ1v) is 6.50. The van der Waals surface area contributed by atoms with E-state index < -0.39 is 0 Å². The molecule has 1 rings (SSSR count). The van der Waals surface area contributed by atoms with Gasteiger partial charge in [0.1, 0.15) is 0 Å². The Morgan fingerprint density at radius 2 is 1.81 bits per heavy atom. The molecule has 0 bridgehead atoms. The molecule has 0 spiro atoms. The third kappa shape index (κ3) is 3.80. The fraction of sp³-hybridized carbons (Fsp3) is 0.571. The summed E-state index contributed by atoms with van der Waals surface area (Å²) < 4.78 is 0. The molecule has 1 aromatic carbocycles. The number of hydrogen-bond donors (Lipinski definition) is 1. The summed E-state index contributed by atoms with van der Waals surface area (Å²) in [6.45, 7) is 4.32. The van der Waals surface area contributed by atoms with Crippen LogP contribution in [0.1, 0.15) is 51.2 Å². The molecule has 0 fully saturated rings. The van der Waals surface area contributed by atoms with E-state index in [1.807, 2.05) is 24.3 Å².